The normalized spacial score (nSPS) is 17.8. The monoisotopic (exact) mass is 473 g/mol. The second kappa shape index (κ2) is 10.0. The fraction of sp³-hybridized carbons (Fsp3) is 0.429. The van der Waals surface area contributed by atoms with Crippen LogP contribution < -0.4 is 10.1 Å². The van der Waals surface area contributed by atoms with Gasteiger partial charge in [-0.2, -0.15) is 5.26 Å². The van der Waals surface area contributed by atoms with Crippen molar-refractivity contribution in [3.05, 3.63) is 48.0 Å². The van der Waals surface area contributed by atoms with Gasteiger partial charge in [-0.1, -0.05) is 12.1 Å². The first-order chi connectivity index (χ1) is 17.0. The van der Waals surface area contributed by atoms with Gasteiger partial charge in [0.25, 0.3) is 0 Å². The number of aromatic nitrogens is 1. The molecule has 1 saturated carbocycles. The van der Waals surface area contributed by atoms with Gasteiger partial charge in [-0.05, 0) is 75.8 Å². The SMILES string of the molecule is CC(C)OC(=O)Nc1ccc(-c2c(C#N)c3ccc(OC[C@H]4CCCO4)cc3n2C2CCC2)cc1. The van der Waals surface area contributed by atoms with E-state index >= 15 is 0 Å². The lowest BCUT2D eigenvalue weighted by Crippen LogP contribution is -2.18. The van der Waals surface area contributed by atoms with E-state index in [-0.39, 0.29) is 12.2 Å². The third-order valence-corrected chi connectivity index (χ3v) is 6.73. The maximum absolute atomic E-state index is 12.0. The minimum absolute atomic E-state index is 0.152. The van der Waals surface area contributed by atoms with E-state index in [2.05, 4.69) is 22.0 Å². The number of nitriles is 1. The minimum Gasteiger partial charge on any atom is -0.491 e. The summed E-state index contributed by atoms with van der Waals surface area (Å²) in [6.07, 6.45) is 4.95. The molecule has 0 radical (unpaired) electrons. The number of hydrogen-bond acceptors (Lipinski definition) is 5. The van der Waals surface area contributed by atoms with Crippen molar-refractivity contribution in [3.8, 4) is 23.1 Å². The van der Waals surface area contributed by atoms with E-state index in [1.807, 2.05) is 50.2 Å². The maximum atomic E-state index is 12.0. The van der Waals surface area contributed by atoms with E-state index in [1.165, 1.54) is 6.42 Å². The number of nitrogens with one attached hydrogen (secondary N) is 1. The summed E-state index contributed by atoms with van der Waals surface area (Å²) in [5.74, 6) is 0.797. The molecule has 7 heteroatoms. The lowest BCUT2D eigenvalue weighted by molar-refractivity contribution is 0.0680. The van der Waals surface area contributed by atoms with E-state index in [4.69, 9.17) is 14.2 Å². The lowest BCUT2D eigenvalue weighted by Gasteiger charge is -2.30. The van der Waals surface area contributed by atoms with Gasteiger partial charge in [-0.15, -0.1) is 0 Å². The molecule has 0 unspecified atom stereocenters. The molecular weight excluding hydrogens is 442 g/mol. The number of nitrogens with zero attached hydrogens (tertiary/aromatic N) is 2. The molecular formula is C28H31N3O4. The molecule has 35 heavy (non-hydrogen) atoms. The van der Waals surface area contributed by atoms with Crippen molar-refractivity contribution >= 4 is 22.7 Å². The molecule has 1 aliphatic heterocycles. The lowest BCUT2D eigenvalue weighted by atomic mass is 9.92. The molecule has 5 rings (SSSR count). The smallest absolute Gasteiger partial charge is 0.411 e. The van der Waals surface area contributed by atoms with E-state index in [9.17, 15) is 10.1 Å². The third kappa shape index (κ3) is 4.85. The Morgan fingerprint density at radius 2 is 1.97 bits per heavy atom. The standard InChI is InChI=1S/C28H31N3O4/c1-18(2)35-28(32)30-20-10-8-19(9-11-20)27-25(16-29)24-13-12-22(34-17-23-7-4-14-33-23)15-26(24)31(27)21-5-3-6-21/h8-13,15,18,21,23H,3-7,14,17H2,1-2H3,(H,30,32)/t23-/m1/s1. The number of hydrogen-bond donors (Lipinski definition) is 1. The van der Waals surface area contributed by atoms with Crippen LogP contribution in [0.3, 0.4) is 0 Å². The highest BCUT2D eigenvalue weighted by molar-refractivity contribution is 5.96. The van der Waals surface area contributed by atoms with Crippen molar-refractivity contribution in [1.82, 2.24) is 4.57 Å². The molecule has 1 atom stereocenters. The quantitative estimate of drug-likeness (QED) is 0.428. The van der Waals surface area contributed by atoms with Gasteiger partial charge in [0.05, 0.1) is 29.0 Å². The van der Waals surface area contributed by atoms with Crippen LogP contribution in [-0.4, -0.2) is 36.1 Å². The molecule has 3 aromatic rings. The van der Waals surface area contributed by atoms with Crippen LogP contribution in [0, 0.1) is 11.3 Å². The Hall–Kier alpha value is -3.50. The van der Waals surface area contributed by atoms with E-state index < -0.39 is 6.09 Å². The highest BCUT2D eigenvalue weighted by atomic mass is 16.6. The third-order valence-electron chi connectivity index (χ3n) is 6.73. The fourth-order valence-electron chi connectivity index (χ4n) is 4.84. The fourth-order valence-corrected chi connectivity index (χ4v) is 4.84. The Balaban J connectivity index is 1.49. The number of ether oxygens (including phenoxy) is 3. The van der Waals surface area contributed by atoms with Crippen molar-refractivity contribution in [1.29, 1.82) is 5.26 Å². The maximum Gasteiger partial charge on any atom is 0.411 e. The molecule has 1 aromatic heterocycles. The van der Waals surface area contributed by atoms with Crippen LogP contribution in [0.2, 0.25) is 0 Å². The van der Waals surface area contributed by atoms with Crippen LogP contribution in [0.4, 0.5) is 10.5 Å². The van der Waals surface area contributed by atoms with Gasteiger partial charge in [0.1, 0.15) is 18.4 Å². The topological polar surface area (TPSA) is 85.5 Å². The van der Waals surface area contributed by atoms with Gasteiger partial charge < -0.3 is 18.8 Å². The first kappa shape index (κ1) is 23.3. The molecule has 0 bridgehead atoms. The molecule has 2 heterocycles. The minimum atomic E-state index is -0.482. The Kier molecular flexibility index (Phi) is 6.65. The van der Waals surface area contributed by atoms with Crippen molar-refractivity contribution in [2.24, 2.45) is 0 Å². The Labute approximate surface area is 205 Å². The highest BCUT2D eigenvalue weighted by Gasteiger charge is 2.28. The summed E-state index contributed by atoms with van der Waals surface area (Å²) in [7, 11) is 0. The Bertz CT molecular complexity index is 1250. The van der Waals surface area contributed by atoms with Gasteiger partial charge in [0.15, 0.2) is 0 Å². The average molecular weight is 474 g/mol. The zero-order valence-corrected chi connectivity index (χ0v) is 20.3. The van der Waals surface area contributed by atoms with Gasteiger partial charge in [0.2, 0.25) is 0 Å². The molecule has 1 saturated heterocycles. The van der Waals surface area contributed by atoms with Gasteiger partial charge in [0, 0.05) is 29.8 Å². The summed E-state index contributed by atoms with van der Waals surface area (Å²) in [6.45, 7) is 4.97. The Morgan fingerprint density at radius 3 is 2.60 bits per heavy atom. The second-order valence-electron chi connectivity index (χ2n) is 9.57. The van der Waals surface area contributed by atoms with Crippen LogP contribution in [-0.2, 0) is 9.47 Å². The van der Waals surface area contributed by atoms with Crippen LogP contribution in [0.1, 0.15) is 57.6 Å². The van der Waals surface area contributed by atoms with E-state index in [1.54, 1.807) is 0 Å². The molecule has 2 aromatic carbocycles. The number of amides is 1. The molecule has 182 valence electrons. The predicted molar refractivity (Wildman–Crippen MR) is 135 cm³/mol. The number of rotatable bonds is 7. The van der Waals surface area contributed by atoms with Crippen molar-refractivity contribution in [2.45, 2.75) is 64.2 Å². The molecule has 1 aliphatic carbocycles. The average Bonchev–Trinajstić information content (AvgIpc) is 3.43. The second-order valence-corrected chi connectivity index (χ2v) is 9.57. The number of carbonyl (C=O) groups excluding carboxylic acids is 1. The van der Waals surface area contributed by atoms with Crippen molar-refractivity contribution in [2.75, 3.05) is 18.5 Å². The van der Waals surface area contributed by atoms with E-state index in [0.29, 0.717) is 23.9 Å². The first-order valence-corrected chi connectivity index (χ1v) is 12.4. The molecule has 0 spiro atoms. The molecule has 2 aliphatic rings. The molecule has 2 fully saturated rings. The van der Waals surface area contributed by atoms with Crippen LogP contribution in [0.25, 0.3) is 22.2 Å². The molecule has 1 amide bonds. The summed E-state index contributed by atoms with van der Waals surface area (Å²) in [5, 5.41) is 13.8. The van der Waals surface area contributed by atoms with E-state index in [0.717, 1.165) is 60.2 Å². The zero-order valence-electron chi connectivity index (χ0n) is 20.3. The van der Waals surface area contributed by atoms with Crippen LogP contribution in [0.15, 0.2) is 42.5 Å². The summed E-state index contributed by atoms with van der Waals surface area (Å²) >= 11 is 0. The molecule has 1 N–H and O–H groups in total. The summed E-state index contributed by atoms with van der Waals surface area (Å²) in [4.78, 5) is 12.0. The molecule has 7 nitrogen and oxygen atoms in total. The Morgan fingerprint density at radius 1 is 1.17 bits per heavy atom. The summed E-state index contributed by atoms with van der Waals surface area (Å²) in [5.41, 5.74) is 4.19. The van der Waals surface area contributed by atoms with Crippen LogP contribution >= 0.6 is 0 Å². The summed E-state index contributed by atoms with van der Waals surface area (Å²) < 4.78 is 19.2. The largest absolute Gasteiger partial charge is 0.491 e. The first-order valence-electron chi connectivity index (χ1n) is 12.4. The van der Waals surface area contributed by atoms with Crippen molar-refractivity contribution in [3.63, 3.8) is 0 Å². The van der Waals surface area contributed by atoms with Crippen molar-refractivity contribution < 1.29 is 19.0 Å². The number of benzene rings is 2. The number of carbonyl (C=O) groups is 1. The zero-order chi connectivity index (χ0) is 24.4. The van der Waals surface area contributed by atoms with Gasteiger partial charge in [-0.25, -0.2) is 4.79 Å². The number of fused-ring (bicyclic) bond motifs is 1. The van der Waals surface area contributed by atoms with Gasteiger partial charge >= 0.3 is 6.09 Å². The summed E-state index contributed by atoms with van der Waals surface area (Å²) in [6, 6.07) is 16.4. The predicted octanol–water partition coefficient (Wildman–Crippen LogP) is 6.42. The van der Waals surface area contributed by atoms with Gasteiger partial charge in [-0.3, -0.25) is 5.32 Å². The highest BCUT2D eigenvalue weighted by Crippen LogP contribution is 2.43. The van der Waals surface area contributed by atoms with Crippen LogP contribution in [0.5, 0.6) is 5.75 Å². The number of anilines is 1.